The number of hydrogen-bond acceptors (Lipinski definition) is 8. The molecule has 5 aromatic rings. The van der Waals surface area contributed by atoms with Gasteiger partial charge in [0.05, 0.1) is 40.8 Å². The molecule has 10 nitrogen and oxygen atoms in total. The largest absolute Gasteiger partial charge is 0.508 e. The van der Waals surface area contributed by atoms with E-state index in [-0.39, 0.29) is 36.2 Å². The lowest BCUT2D eigenvalue weighted by molar-refractivity contribution is -0.139. The van der Waals surface area contributed by atoms with Gasteiger partial charge in [-0.15, -0.1) is 0 Å². The van der Waals surface area contributed by atoms with Gasteiger partial charge in [0.15, 0.2) is 5.78 Å². The zero-order valence-corrected chi connectivity index (χ0v) is 32.1. The van der Waals surface area contributed by atoms with Gasteiger partial charge in [0.25, 0.3) is 11.8 Å². The summed E-state index contributed by atoms with van der Waals surface area (Å²) in [7, 11) is 0. The minimum Gasteiger partial charge on any atom is -0.508 e. The third kappa shape index (κ3) is 5.57. The van der Waals surface area contributed by atoms with E-state index in [1.165, 1.54) is 4.90 Å². The van der Waals surface area contributed by atoms with Gasteiger partial charge in [0.1, 0.15) is 11.5 Å². The van der Waals surface area contributed by atoms with E-state index in [0.717, 1.165) is 27.3 Å². The molecule has 4 amide bonds. The van der Waals surface area contributed by atoms with Crippen molar-refractivity contribution in [2.24, 2.45) is 29.6 Å². The number of hydrogen-bond donors (Lipinski definition) is 2. The number of aromatic hydroxyl groups is 1. The van der Waals surface area contributed by atoms with Gasteiger partial charge in [0, 0.05) is 29.0 Å². The number of imide groups is 2. The van der Waals surface area contributed by atoms with Crippen molar-refractivity contribution in [3.05, 3.63) is 179 Å². The minimum atomic E-state index is -1.44. The van der Waals surface area contributed by atoms with Gasteiger partial charge in [-0.1, -0.05) is 90.0 Å². The zero-order valence-electron chi connectivity index (χ0n) is 32.1. The number of phenols is 1. The third-order valence-electron chi connectivity index (χ3n) is 13.0. The molecular formula is C49H39N3O7. The number of benzene rings is 5. The molecule has 0 bridgehead atoms. The lowest BCUT2D eigenvalue weighted by atomic mass is 9.48. The maximum Gasteiger partial charge on any atom is 0.260 e. The number of carbonyl (C=O) groups is 5. The highest BCUT2D eigenvalue weighted by Gasteiger charge is 2.70. The van der Waals surface area contributed by atoms with Crippen LogP contribution in [0.5, 0.6) is 11.5 Å². The van der Waals surface area contributed by atoms with Crippen LogP contribution in [0.25, 0.3) is 0 Å². The number of anilines is 2. The van der Waals surface area contributed by atoms with E-state index in [4.69, 9.17) is 4.74 Å². The van der Waals surface area contributed by atoms with E-state index in [1.807, 2.05) is 73.7 Å². The molecule has 10 heteroatoms. The highest BCUT2D eigenvalue weighted by molar-refractivity contribution is 6.23. The Morgan fingerprint density at radius 3 is 2.20 bits per heavy atom. The van der Waals surface area contributed by atoms with Gasteiger partial charge < -0.3 is 9.84 Å². The average Bonchev–Trinajstić information content (AvgIpc) is 3.65. The van der Waals surface area contributed by atoms with Crippen molar-refractivity contribution >= 4 is 40.8 Å². The molecule has 3 aliphatic heterocycles. The second-order valence-electron chi connectivity index (χ2n) is 16.1. The monoisotopic (exact) mass is 781 g/mol. The smallest absolute Gasteiger partial charge is 0.260 e. The summed E-state index contributed by atoms with van der Waals surface area (Å²) in [5, 5.41) is 11.6. The Hall–Kier alpha value is -7.07. The molecule has 292 valence electrons. The number of rotatable bonds is 7. The summed E-state index contributed by atoms with van der Waals surface area (Å²) < 4.78 is 6.22. The lowest BCUT2D eigenvalue weighted by Gasteiger charge is -2.51. The Morgan fingerprint density at radius 1 is 0.780 bits per heavy atom. The van der Waals surface area contributed by atoms with Crippen LogP contribution in [0.4, 0.5) is 11.4 Å². The van der Waals surface area contributed by atoms with Gasteiger partial charge in [-0.25, -0.2) is 0 Å². The summed E-state index contributed by atoms with van der Waals surface area (Å²) in [5.41, 5.74) is 7.52. The van der Waals surface area contributed by atoms with Crippen LogP contribution < -0.4 is 15.1 Å². The maximum absolute atomic E-state index is 15.5. The van der Waals surface area contributed by atoms with Crippen molar-refractivity contribution in [3.8, 4) is 11.5 Å². The first-order valence-electron chi connectivity index (χ1n) is 19.9. The Kier molecular flexibility index (Phi) is 8.48. The molecule has 2 aliphatic carbocycles. The van der Waals surface area contributed by atoms with Crippen LogP contribution >= 0.6 is 0 Å². The third-order valence-corrected chi connectivity index (χ3v) is 13.0. The van der Waals surface area contributed by atoms with Gasteiger partial charge >= 0.3 is 0 Å². The fourth-order valence-corrected chi connectivity index (χ4v) is 10.3. The topological polar surface area (TPSA) is 133 Å². The second-order valence-corrected chi connectivity index (χ2v) is 16.1. The molecule has 2 saturated heterocycles. The Bertz CT molecular complexity index is 2640. The minimum absolute atomic E-state index is 0.0682. The van der Waals surface area contributed by atoms with Crippen LogP contribution in [0, 0.1) is 36.5 Å². The van der Waals surface area contributed by atoms with Crippen molar-refractivity contribution in [1.82, 2.24) is 5.01 Å². The number of fused-ring (bicyclic) bond motifs is 5. The predicted molar refractivity (Wildman–Crippen MR) is 219 cm³/mol. The van der Waals surface area contributed by atoms with Crippen LogP contribution in [0.15, 0.2) is 151 Å². The summed E-state index contributed by atoms with van der Waals surface area (Å²) >= 11 is 0. The summed E-state index contributed by atoms with van der Waals surface area (Å²) in [5.74, 6) is -4.81. The first-order valence-corrected chi connectivity index (χ1v) is 19.9. The number of ketones is 1. The van der Waals surface area contributed by atoms with Crippen molar-refractivity contribution in [2.45, 2.75) is 31.6 Å². The van der Waals surface area contributed by atoms with E-state index >= 15 is 9.59 Å². The van der Waals surface area contributed by atoms with Gasteiger partial charge in [-0.3, -0.25) is 34.3 Å². The fraction of sp³-hybridized carbons (Fsp3) is 0.204. The number of nitrogens with zero attached hydrogens (tertiary/aromatic N) is 2. The molecule has 0 unspecified atom stereocenters. The summed E-state index contributed by atoms with van der Waals surface area (Å²) in [6.07, 6.45) is 4.39. The molecule has 5 aliphatic rings. The Morgan fingerprint density at radius 2 is 1.47 bits per heavy atom. The number of amides is 4. The molecule has 59 heavy (non-hydrogen) atoms. The van der Waals surface area contributed by atoms with Crippen LogP contribution in [-0.2, 0) is 31.0 Å². The number of phenolic OH excluding ortho intramolecular Hbond substituents is 1. The average molecular weight is 782 g/mol. The molecule has 10 rings (SSSR count). The molecule has 5 aromatic carbocycles. The molecule has 2 N–H and O–H groups in total. The van der Waals surface area contributed by atoms with Crippen molar-refractivity contribution in [2.75, 3.05) is 10.3 Å². The van der Waals surface area contributed by atoms with Crippen LogP contribution in [0.1, 0.15) is 45.5 Å². The molecule has 0 radical (unpaired) electrons. The summed E-state index contributed by atoms with van der Waals surface area (Å²) in [6.45, 7) is 1.96. The number of aryl methyl sites for hydroxylation is 1. The van der Waals surface area contributed by atoms with E-state index in [1.54, 1.807) is 73.0 Å². The van der Waals surface area contributed by atoms with Crippen molar-refractivity contribution < 1.29 is 33.8 Å². The molecule has 3 fully saturated rings. The van der Waals surface area contributed by atoms with Crippen molar-refractivity contribution in [1.29, 1.82) is 0 Å². The molecule has 1 saturated carbocycles. The number of carbonyl (C=O) groups excluding carboxylic acids is 5. The van der Waals surface area contributed by atoms with E-state index in [2.05, 4.69) is 5.43 Å². The van der Waals surface area contributed by atoms with E-state index in [0.29, 0.717) is 40.2 Å². The quantitative estimate of drug-likeness (QED) is 0.0988. The van der Waals surface area contributed by atoms with Gasteiger partial charge in [0.2, 0.25) is 11.8 Å². The highest BCUT2D eigenvalue weighted by Crippen LogP contribution is 2.63. The van der Waals surface area contributed by atoms with Gasteiger partial charge in [-0.2, -0.15) is 5.01 Å². The Balaban J connectivity index is 1.08. The first kappa shape index (κ1) is 36.3. The zero-order chi connectivity index (χ0) is 40.6. The molecular weight excluding hydrogens is 743 g/mol. The summed E-state index contributed by atoms with van der Waals surface area (Å²) in [4.78, 5) is 74.1. The molecule has 0 spiro atoms. The SMILES string of the molecule is Cc1ccc(NN2C(=O)[C@@H]3C[C@@H]4C(=CC[C@@H]5C(=O)N(c6ccc(C(=O)c7ccccc7)cc6)C(=O)[C@@H]54)[C@H](C4=COc5ccc(O)cc5C4)[C@]3(c3ccccc3)C2=O)cc1. The normalized spacial score (nSPS) is 25.6. The second kappa shape index (κ2) is 13.8. The number of nitrogens with one attached hydrogen (secondary N) is 1. The van der Waals surface area contributed by atoms with E-state index in [9.17, 15) is 19.5 Å². The fourth-order valence-electron chi connectivity index (χ4n) is 10.3. The highest BCUT2D eigenvalue weighted by atomic mass is 16.5. The Labute approximate surface area is 340 Å². The number of hydrazine groups is 1. The molecule has 0 aromatic heterocycles. The number of ether oxygens (including phenoxy) is 1. The van der Waals surface area contributed by atoms with E-state index < -0.39 is 46.8 Å². The number of allylic oxidation sites excluding steroid dienone is 3. The lowest BCUT2D eigenvalue weighted by Crippen LogP contribution is -2.55. The first-order chi connectivity index (χ1) is 28.6. The van der Waals surface area contributed by atoms with Crippen LogP contribution in [0.3, 0.4) is 0 Å². The summed E-state index contributed by atoms with van der Waals surface area (Å²) in [6, 6.07) is 37.1. The van der Waals surface area contributed by atoms with Crippen LogP contribution in [0.2, 0.25) is 0 Å². The van der Waals surface area contributed by atoms with Crippen molar-refractivity contribution in [3.63, 3.8) is 0 Å². The van der Waals surface area contributed by atoms with Gasteiger partial charge in [-0.05, 0) is 91.4 Å². The maximum atomic E-state index is 15.5. The predicted octanol–water partition coefficient (Wildman–Crippen LogP) is 7.47. The molecule has 3 heterocycles. The standard InChI is InChI=1S/C49H39N3O7/c1-28-12-16-34(17-13-28)50-52-46(56)40-26-39-37(43(49(40,48(52)58)33-10-6-3-7-11-33)32-24-31-25-36(53)20-23-41(31)59-27-32)21-22-38-42(39)47(57)51(45(38)55)35-18-14-30(15-19-35)44(54)29-8-4-2-5-9-29/h2-21,23,25,27,38-40,42-43,50,53H,22,24,26H2,1H3/t38-,39+,40-,42-,43-,49+/m0/s1. The molecule has 6 atom stereocenters. The van der Waals surface area contributed by atoms with Crippen LogP contribution in [-0.4, -0.2) is 39.5 Å².